The van der Waals surface area contributed by atoms with E-state index in [0.29, 0.717) is 18.9 Å². The number of thiophene rings is 1. The number of aromatic nitrogens is 2. The average Bonchev–Trinajstić information content (AvgIpc) is 3.26. The van der Waals surface area contributed by atoms with Gasteiger partial charge in [0.15, 0.2) is 0 Å². The highest BCUT2D eigenvalue weighted by Crippen LogP contribution is 2.33. The van der Waals surface area contributed by atoms with Gasteiger partial charge in [0.2, 0.25) is 5.91 Å². The van der Waals surface area contributed by atoms with Gasteiger partial charge in [-0.25, -0.2) is 4.98 Å². The van der Waals surface area contributed by atoms with Crippen LogP contribution in [-0.4, -0.2) is 47.0 Å². The molecule has 27 heavy (non-hydrogen) atoms. The fourth-order valence-electron chi connectivity index (χ4n) is 4.23. The van der Waals surface area contributed by atoms with Gasteiger partial charge < -0.3 is 10.2 Å². The molecule has 3 heterocycles. The number of aryl methyl sites for hydroxylation is 3. The summed E-state index contributed by atoms with van der Waals surface area (Å²) in [7, 11) is 1.95. The summed E-state index contributed by atoms with van der Waals surface area (Å²) in [4.78, 5) is 34.1. The maximum absolute atomic E-state index is 12.9. The van der Waals surface area contributed by atoms with Crippen molar-refractivity contribution in [1.29, 1.82) is 0 Å². The summed E-state index contributed by atoms with van der Waals surface area (Å²) in [5.74, 6) is 0.685. The van der Waals surface area contributed by atoms with Gasteiger partial charge in [0, 0.05) is 30.9 Å². The zero-order valence-electron chi connectivity index (χ0n) is 15.7. The van der Waals surface area contributed by atoms with Crippen LogP contribution in [0.4, 0.5) is 0 Å². The molecule has 0 aromatic carbocycles. The van der Waals surface area contributed by atoms with Gasteiger partial charge in [0.05, 0.1) is 11.7 Å². The van der Waals surface area contributed by atoms with E-state index in [1.165, 1.54) is 16.9 Å². The number of hydrogen-bond acceptors (Lipinski definition) is 5. The smallest absolute Gasteiger partial charge is 0.262 e. The molecule has 0 radical (unpaired) electrons. The van der Waals surface area contributed by atoms with Gasteiger partial charge >= 0.3 is 0 Å². The summed E-state index contributed by atoms with van der Waals surface area (Å²) in [6.45, 7) is 3.02. The van der Waals surface area contributed by atoms with Crippen molar-refractivity contribution >= 4 is 39.9 Å². The molecule has 0 bridgehead atoms. The molecule has 1 unspecified atom stereocenters. The number of halogens is 1. The van der Waals surface area contributed by atoms with Gasteiger partial charge in [0.1, 0.15) is 4.83 Å². The summed E-state index contributed by atoms with van der Waals surface area (Å²) in [6, 6.07) is 0. The highest BCUT2D eigenvalue weighted by molar-refractivity contribution is 7.18. The molecule has 8 heteroatoms. The van der Waals surface area contributed by atoms with Crippen molar-refractivity contribution in [3.8, 4) is 0 Å². The van der Waals surface area contributed by atoms with E-state index in [4.69, 9.17) is 0 Å². The van der Waals surface area contributed by atoms with Gasteiger partial charge in [-0.05, 0) is 57.2 Å². The number of rotatable bonds is 5. The fraction of sp³-hybridized carbons (Fsp3) is 0.632. The molecule has 0 spiro atoms. The molecule has 2 aromatic heterocycles. The van der Waals surface area contributed by atoms with Crippen LogP contribution in [0.2, 0.25) is 0 Å². The summed E-state index contributed by atoms with van der Waals surface area (Å²) in [6.07, 6.45) is 7.44. The Labute approximate surface area is 169 Å². The van der Waals surface area contributed by atoms with Gasteiger partial charge in [-0.3, -0.25) is 14.2 Å². The molecule has 1 N–H and O–H groups in total. The fourth-order valence-corrected chi connectivity index (χ4v) is 5.45. The normalized spacial score (nSPS) is 19.1. The Kier molecular flexibility index (Phi) is 6.55. The lowest BCUT2D eigenvalue weighted by Crippen LogP contribution is -2.32. The van der Waals surface area contributed by atoms with E-state index in [2.05, 4.69) is 10.3 Å². The molecule has 1 fully saturated rings. The molecule has 0 saturated carbocycles. The largest absolute Gasteiger partial charge is 0.342 e. The number of hydrogen-bond donors (Lipinski definition) is 1. The predicted molar refractivity (Wildman–Crippen MR) is 111 cm³/mol. The third-order valence-electron chi connectivity index (χ3n) is 5.64. The van der Waals surface area contributed by atoms with Crippen molar-refractivity contribution < 1.29 is 4.79 Å². The van der Waals surface area contributed by atoms with Crippen molar-refractivity contribution in [2.75, 3.05) is 26.7 Å². The van der Waals surface area contributed by atoms with Crippen LogP contribution in [0.1, 0.15) is 36.1 Å². The second kappa shape index (κ2) is 8.71. The Morgan fingerprint density at radius 3 is 3.00 bits per heavy atom. The van der Waals surface area contributed by atoms with E-state index >= 15 is 0 Å². The van der Waals surface area contributed by atoms with E-state index in [0.717, 1.165) is 55.5 Å². The zero-order valence-corrected chi connectivity index (χ0v) is 17.3. The zero-order chi connectivity index (χ0) is 18.1. The first-order valence-corrected chi connectivity index (χ1v) is 10.4. The quantitative estimate of drug-likeness (QED) is 0.820. The van der Waals surface area contributed by atoms with Crippen molar-refractivity contribution in [3.05, 3.63) is 27.1 Å². The Hall–Kier alpha value is -1.44. The van der Waals surface area contributed by atoms with E-state index in [1.807, 2.05) is 11.9 Å². The Morgan fingerprint density at radius 1 is 1.37 bits per heavy atom. The van der Waals surface area contributed by atoms with Gasteiger partial charge in [-0.15, -0.1) is 23.7 Å². The first kappa shape index (κ1) is 20.3. The number of likely N-dealkylation sites (tertiary alicyclic amines) is 1. The van der Waals surface area contributed by atoms with Gasteiger partial charge in [0.25, 0.3) is 5.56 Å². The molecule has 2 aromatic rings. The first-order chi connectivity index (χ1) is 12.7. The van der Waals surface area contributed by atoms with Gasteiger partial charge in [-0.1, -0.05) is 0 Å². The summed E-state index contributed by atoms with van der Waals surface area (Å²) in [5, 5.41) is 3.98. The van der Waals surface area contributed by atoms with Crippen molar-refractivity contribution in [1.82, 2.24) is 19.8 Å². The monoisotopic (exact) mass is 410 g/mol. The standard InChI is InChI=1S/C19H26N4O2S.ClH/c1-20-10-13-6-8-22(11-13)16(24)7-9-23-12-21-18-17(19(23)25)14-4-2-3-5-15(14)26-18;/h12-13,20H,2-11H2,1H3;1H. The lowest BCUT2D eigenvalue weighted by atomic mass is 9.97. The number of carbonyl (C=O) groups is 1. The first-order valence-electron chi connectivity index (χ1n) is 9.59. The maximum Gasteiger partial charge on any atom is 0.262 e. The van der Waals surface area contributed by atoms with E-state index in [9.17, 15) is 9.59 Å². The Bertz CT molecular complexity index is 878. The number of fused-ring (bicyclic) bond motifs is 3. The molecule has 6 nitrogen and oxygen atoms in total. The second-order valence-electron chi connectivity index (χ2n) is 7.44. The minimum absolute atomic E-state index is 0. The van der Waals surface area contributed by atoms with Crippen molar-refractivity contribution in [2.45, 2.75) is 45.1 Å². The molecule has 148 valence electrons. The lowest BCUT2D eigenvalue weighted by Gasteiger charge is -2.17. The molecule has 1 aliphatic heterocycles. The van der Waals surface area contributed by atoms with Crippen LogP contribution in [0.25, 0.3) is 10.2 Å². The van der Waals surface area contributed by atoms with Crippen LogP contribution in [0.3, 0.4) is 0 Å². The molecule has 1 aliphatic carbocycles. The molecule has 1 saturated heterocycles. The van der Waals surface area contributed by atoms with Crippen LogP contribution in [0.5, 0.6) is 0 Å². The Balaban J connectivity index is 0.00000210. The minimum Gasteiger partial charge on any atom is -0.342 e. The van der Waals surface area contributed by atoms with E-state index in [-0.39, 0.29) is 23.9 Å². The molecular formula is C19H27ClN4O2S. The second-order valence-corrected chi connectivity index (χ2v) is 8.52. The van der Waals surface area contributed by atoms with Crippen LogP contribution in [0, 0.1) is 5.92 Å². The topological polar surface area (TPSA) is 67.2 Å². The van der Waals surface area contributed by atoms with Crippen LogP contribution in [0.15, 0.2) is 11.1 Å². The maximum atomic E-state index is 12.9. The third kappa shape index (κ3) is 4.05. The average molecular weight is 411 g/mol. The lowest BCUT2D eigenvalue weighted by molar-refractivity contribution is -0.130. The molecule has 1 atom stereocenters. The molecule has 2 aliphatic rings. The summed E-state index contributed by atoms with van der Waals surface area (Å²) < 4.78 is 1.63. The van der Waals surface area contributed by atoms with Gasteiger partial charge in [-0.2, -0.15) is 0 Å². The summed E-state index contributed by atoms with van der Waals surface area (Å²) >= 11 is 1.67. The van der Waals surface area contributed by atoms with Crippen molar-refractivity contribution in [2.24, 2.45) is 5.92 Å². The van der Waals surface area contributed by atoms with Crippen molar-refractivity contribution in [3.63, 3.8) is 0 Å². The van der Waals surface area contributed by atoms with Crippen LogP contribution >= 0.6 is 23.7 Å². The number of carbonyl (C=O) groups excluding carboxylic acids is 1. The predicted octanol–water partition coefficient (Wildman–Crippen LogP) is 2.22. The third-order valence-corrected chi connectivity index (χ3v) is 6.84. The van der Waals surface area contributed by atoms with E-state index < -0.39 is 0 Å². The number of nitrogens with zero attached hydrogens (tertiary/aromatic N) is 3. The SMILES string of the molecule is CNCC1CCN(C(=O)CCn2cnc3sc4c(c3c2=O)CCCC4)C1.Cl. The van der Waals surface area contributed by atoms with Crippen LogP contribution in [-0.2, 0) is 24.2 Å². The Morgan fingerprint density at radius 2 is 2.19 bits per heavy atom. The highest BCUT2D eigenvalue weighted by Gasteiger charge is 2.25. The molecule has 1 amide bonds. The molecule has 4 rings (SSSR count). The van der Waals surface area contributed by atoms with Crippen LogP contribution < -0.4 is 10.9 Å². The highest BCUT2D eigenvalue weighted by atomic mass is 35.5. The molecular weight excluding hydrogens is 384 g/mol. The number of amides is 1. The number of nitrogens with one attached hydrogen (secondary N) is 1. The summed E-state index contributed by atoms with van der Waals surface area (Å²) in [5.41, 5.74) is 1.24. The van der Waals surface area contributed by atoms with E-state index in [1.54, 1.807) is 22.2 Å². The minimum atomic E-state index is 0.